The van der Waals surface area contributed by atoms with Crippen LogP contribution in [0.3, 0.4) is 0 Å². The molecule has 2 amide bonds. The van der Waals surface area contributed by atoms with Crippen molar-refractivity contribution in [1.82, 2.24) is 19.8 Å². The van der Waals surface area contributed by atoms with E-state index in [2.05, 4.69) is 9.97 Å². The number of carbonyl (C=O) groups excluding carboxylic acids is 2. The average Bonchev–Trinajstić information content (AvgIpc) is 2.60. The van der Waals surface area contributed by atoms with E-state index in [4.69, 9.17) is 0 Å². The zero-order valence-corrected chi connectivity index (χ0v) is 14.5. The maximum absolute atomic E-state index is 12.5. The van der Waals surface area contributed by atoms with Crippen LogP contribution in [0.25, 0.3) is 11.1 Å². The molecule has 0 N–H and O–H groups in total. The summed E-state index contributed by atoms with van der Waals surface area (Å²) in [7, 11) is 0. The minimum Gasteiger partial charge on any atom is -0.327 e. The van der Waals surface area contributed by atoms with Gasteiger partial charge in [0.2, 0.25) is 0 Å². The fourth-order valence-corrected chi connectivity index (χ4v) is 4.43. The molecule has 0 atom stereocenters. The number of hydrogen-bond donors (Lipinski definition) is 0. The van der Waals surface area contributed by atoms with Crippen LogP contribution in [0.5, 0.6) is 0 Å². The second kappa shape index (κ2) is 5.62. The van der Waals surface area contributed by atoms with Crippen molar-refractivity contribution in [3.63, 3.8) is 0 Å². The van der Waals surface area contributed by atoms with E-state index in [1.54, 1.807) is 17.3 Å². The Bertz CT molecular complexity index is 848. The van der Waals surface area contributed by atoms with E-state index in [0.717, 1.165) is 36.3 Å². The summed E-state index contributed by atoms with van der Waals surface area (Å²) in [5.74, 6) is 0.573. The van der Waals surface area contributed by atoms with Crippen molar-refractivity contribution in [2.75, 3.05) is 13.1 Å². The summed E-state index contributed by atoms with van der Waals surface area (Å²) in [5.41, 5.74) is 2.00. The molecule has 3 saturated carbocycles. The maximum atomic E-state index is 12.5. The number of aromatic nitrogens is 2. The average molecular weight is 348 g/mol. The van der Waals surface area contributed by atoms with Crippen molar-refractivity contribution in [2.45, 2.75) is 31.3 Å². The number of rotatable bonds is 4. The van der Waals surface area contributed by atoms with E-state index in [1.807, 2.05) is 35.2 Å². The zero-order chi connectivity index (χ0) is 17.7. The van der Waals surface area contributed by atoms with Crippen LogP contribution in [0.1, 0.15) is 25.1 Å². The first kappa shape index (κ1) is 15.5. The molecule has 6 nitrogen and oxygen atoms in total. The molecular formula is C20H20N4O2. The lowest BCUT2D eigenvalue weighted by Crippen LogP contribution is -2.73. The standard InChI is InChI=1S/C20H20N4O2/c25-18-19(26)24(20-8-14(9-20)10-20)7-6-23(18)13-17-21-11-16(12-22-17)15-4-2-1-3-5-15/h1-5,11-12,14H,6-10,13H2. The third kappa shape index (κ3) is 2.32. The van der Waals surface area contributed by atoms with Gasteiger partial charge in [-0.2, -0.15) is 0 Å². The molecule has 4 aliphatic rings. The van der Waals surface area contributed by atoms with Gasteiger partial charge in [0.15, 0.2) is 0 Å². The molecule has 2 bridgehead atoms. The quantitative estimate of drug-likeness (QED) is 0.791. The number of amides is 2. The minimum absolute atomic E-state index is 0.0112. The van der Waals surface area contributed by atoms with E-state index < -0.39 is 5.91 Å². The molecule has 132 valence electrons. The first-order chi connectivity index (χ1) is 12.6. The molecule has 0 spiro atoms. The van der Waals surface area contributed by atoms with Gasteiger partial charge in [-0.3, -0.25) is 9.59 Å². The minimum atomic E-state index is -0.420. The van der Waals surface area contributed by atoms with Crippen molar-refractivity contribution in [2.24, 2.45) is 5.92 Å². The fourth-order valence-electron chi connectivity index (χ4n) is 4.43. The Morgan fingerprint density at radius 3 is 2.23 bits per heavy atom. The summed E-state index contributed by atoms with van der Waals surface area (Å²) in [6, 6.07) is 9.92. The van der Waals surface area contributed by atoms with Crippen molar-refractivity contribution >= 4 is 11.8 Å². The molecule has 6 rings (SSSR count). The SMILES string of the molecule is O=C1C(=O)N(C23CC(C2)C3)CCN1Cc1ncc(-c2ccccc2)cn1. The lowest BCUT2D eigenvalue weighted by atomic mass is 9.49. The topological polar surface area (TPSA) is 66.4 Å². The fraction of sp³-hybridized carbons (Fsp3) is 0.400. The van der Waals surface area contributed by atoms with E-state index in [1.165, 1.54) is 0 Å². The van der Waals surface area contributed by atoms with E-state index in [0.29, 0.717) is 18.9 Å². The third-order valence-electron chi connectivity index (χ3n) is 6.03. The molecule has 1 saturated heterocycles. The van der Waals surface area contributed by atoms with Gasteiger partial charge in [-0.1, -0.05) is 30.3 Å². The number of benzene rings is 1. The van der Waals surface area contributed by atoms with Gasteiger partial charge in [0.05, 0.1) is 6.54 Å². The largest absolute Gasteiger partial charge is 0.327 e. The predicted octanol–water partition coefficient (Wildman–Crippen LogP) is 1.87. The molecule has 26 heavy (non-hydrogen) atoms. The van der Waals surface area contributed by atoms with Crippen molar-refractivity contribution in [3.8, 4) is 11.1 Å². The highest BCUT2D eigenvalue weighted by atomic mass is 16.2. The summed E-state index contributed by atoms with van der Waals surface area (Å²) < 4.78 is 0. The molecule has 2 aromatic rings. The van der Waals surface area contributed by atoms with E-state index in [-0.39, 0.29) is 18.0 Å². The highest BCUT2D eigenvalue weighted by molar-refractivity contribution is 6.35. The van der Waals surface area contributed by atoms with E-state index in [9.17, 15) is 9.59 Å². The molecule has 4 fully saturated rings. The lowest BCUT2D eigenvalue weighted by Gasteiger charge is -2.66. The number of carbonyl (C=O) groups is 2. The number of piperazine rings is 1. The van der Waals surface area contributed by atoms with Gasteiger partial charge in [-0.25, -0.2) is 9.97 Å². The van der Waals surface area contributed by atoms with Crippen LogP contribution in [-0.2, 0) is 16.1 Å². The molecular weight excluding hydrogens is 328 g/mol. The first-order valence-electron chi connectivity index (χ1n) is 9.12. The van der Waals surface area contributed by atoms with Crippen LogP contribution in [0, 0.1) is 5.92 Å². The highest BCUT2D eigenvalue weighted by Crippen LogP contribution is 2.60. The van der Waals surface area contributed by atoms with Crippen LogP contribution < -0.4 is 0 Å². The van der Waals surface area contributed by atoms with Gasteiger partial charge >= 0.3 is 11.8 Å². The number of nitrogens with zero attached hydrogens (tertiary/aromatic N) is 4. The molecule has 0 unspecified atom stereocenters. The summed E-state index contributed by atoms with van der Waals surface area (Å²) >= 11 is 0. The molecule has 1 aliphatic heterocycles. The lowest BCUT2D eigenvalue weighted by molar-refractivity contribution is -0.186. The first-order valence-corrected chi connectivity index (χ1v) is 9.12. The summed E-state index contributed by atoms with van der Waals surface area (Å²) in [5, 5.41) is 0. The van der Waals surface area contributed by atoms with Gasteiger partial charge in [-0.15, -0.1) is 0 Å². The second-order valence-corrected chi connectivity index (χ2v) is 7.64. The summed E-state index contributed by atoms with van der Waals surface area (Å²) in [6.45, 7) is 1.46. The Morgan fingerprint density at radius 2 is 1.62 bits per heavy atom. The van der Waals surface area contributed by atoms with Crippen LogP contribution in [0.2, 0.25) is 0 Å². The molecule has 6 heteroatoms. The van der Waals surface area contributed by atoms with Gasteiger partial charge in [0.25, 0.3) is 0 Å². The van der Waals surface area contributed by atoms with Crippen LogP contribution in [0.15, 0.2) is 42.7 Å². The number of hydrogen-bond acceptors (Lipinski definition) is 4. The Labute approximate surface area is 151 Å². The van der Waals surface area contributed by atoms with Crippen LogP contribution >= 0.6 is 0 Å². The molecule has 3 aliphatic carbocycles. The molecule has 0 radical (unpaired) electrons. The van der Waals surface area contributed by atoms with Gasteiger partial charge < -0.3 is 9.80 Å². The monoisotopic (exact) mass is 348 g/mol. The normalized spacial score (nSPS) is 27.2. The zero-order valence-electron chi connectivity index (χ0n) is 14.5. The highest BCUT2D eigenvalue weighted by Gasteiger charge is 2.62. The Kier molecular flexibility index (Phi) is 3.35. The van der Waals surface area contributed by atoms with E-state index >= 15 is 0 Å². The smallest absolute Gasteiger partial charge is 0.312 e. The second-order valence-electron chi connectivity index (χ2n) is 7.64. The van der Waals surface area contributed by atoms with Crippen LogP contribution in [0.4, 0.5) is 0 Å². The summed E-state index contributed by atoms with van der Waals surface area (Å²) in [4.78, 5) is 37.2. The maximum Gasteiger partial charge on any atom is 0.312 e. The Hall–Kier alpha value is -2.76. The molecule has 1 aromatic heterocycles. The van der Waals surface area contributed by atoms with Gasteiger partial charge in [0.1, 0.15) is 5.82 Å². The van der Waals surface area contributed by atoms with Crippen molar-refractivity contribution < 1.29 is 9.59 Å². The van der Waals surface area contributed by atoms with Crippen molar-refractivity contribution in [1.29, 1.82) is 0 Å². The van der Waals surface area contributed by atoms with Crippen molar-refractivity contribution in [3.05, 3.63) is 48.5 Å². The predicted molar refractivity (Wildman–Crippen MR) is 94.7 cm³/mol. The molecule has 1 aromatic carbocycles. The van der Waals surface area contributed by atoms with Gasteiger partial charge in [-0.05, 0) is 30.7 Å². The van der Waals surface area contributed by atoms with Gasteiger partial charge in [0, 0.05) is 36.6 Å². The summed E-state index contributed by atoms with van der Waals surface area (Å²) in [6.07, 6.45) is 6.77. The van der Waals surface area contributed by atoms with Crippen LogP contribution in [-0.4, -0.2) is 50.2 Å². The Balaban J connectivity index is 1.26. The third-order valence-corrected chi connectivity index (χ3v) is 6.03. The molecule has 2 heterocycles. The Morgan fingerprint density at radius 1 is 0.923 bits per heavy atom.